The first kappa shape index (κ1) is 26.7. The Kier molecular flexibility index (Phi) is 14.9. The third-order valence-electron chi connectivity index (χ3n) is 3.80. The van der Waals surface area contributed by atoms with Crippen LogP contribution >= 0.6 is 0 Å². The van der Waals surface area contributed by atoms with E-state index in [0.29, 0.717) is 52.9 Å². The minimum absolute atomic E-state index is 0.132. The molecule has 12 heteroatoms. The summed E-state index contributed by atoms with van der Waals surface area (Å²) in [5.41, 5.74) is -0.840. The molecule has 0 bridgehead atoms. The van der Waals surface area contributed by atoms with Crippen molar-refractivity contribution in [2.45, 2.75) is 13.3 Å². The number of para-hydroxylation sites is 1. The molecule has 176 valence electrons. The first-order valence-corrected chi connectivity index (χ1v) is 10.1. The lowest BCUT2D eigenvalue weighted by atomic mass is 10.2. The molecule has 0 aromatic heterocycles. The van der Waals surface area contributed by atoms with Crippen LogP contribution < -0.4 is 5.32 Å². The number of nitrogens with zero attached hydrogens (tertiary/aromatic N) is 2. The van der Waals surface area contributed by atoms with E-state index in [4.69, 9.17) is 23.7 Å². The molecule has 0 fully saturated rings. The Morgan fingerprint density at radius 3 is 1.48 bits per heavy atom. The van der Waals surface area contributed by atoms with E-state index in [1.807, 2.05) is 0 Å². The Hall–Kier alpha value is -2.38. The molecule has 12 nitrogen and oxygen atoms in total. The van der Waals surface area contributed by atoms with Gasteiger partial charge in [0.25, 0.3) is 11.4 Å². The average Bonchev–Trinajstić information content (AvgIpc) is 2.75. The van der Waals surface area contributed by atoms with Gasteiger partial charge in [-0.05, 0) is 12.5 Å². The van der Waals surface area contributed by atoms with Gasteiger partial charge in [-0.2, -0.15) is 0 Å². The normalized spacial score (nSPS) is 10.9. The van der Waals surface area contributed by atoms with Gasteiger partial charge < -0.3 is 29.0 Å². The van der Waals surface area contributed by atoms with E-state index < -0.39 is 9.85 Å². The van der Waals surface area contributed by atoms with Crippen molar-refractivity contribution < 1.29 is 33.5 Å². The molecule has 0 heterocycles. The molecule has 0 aliphatic heterocycles. The summed E-state index contributed by atoms with van der Waals surface area (Å²) < 4.78 is 26.7. The van der Waals surface area contributed by atoms with Gasteiger partial charge in [-0.1, -0.05) is 6.92 Å². The Morgan fingerprint density at radius 2 is 1.10 bits per heavy atom. The highest BCUT2D eigenvalue weighted by atomic mass is 16.6. The molecule has 1 rings (SSSR count). The van der Waals surface area contributed by atoms with Crippen LogP contribution in [0.5, 0.6) is 0 Å². The molecule has 0 saturated heterocycles. The predicted molar refractivity (Wildman–Crippen MR) is 113 cm³/mol. The van der Waals surface area contributed by atoms with Gasteiger partial charge in [0, 0.05) is 25.3 Å². The van der Waals surface area contributed by atoms with E-state index in [0.717, 1.165) is 13.0 Å². The van der Waals surface area contributed by atoms with Gasteiger partial charge in [0.05, 0.1) is 69.3 Å². The molecule has 0 unspecified atom stereocenters. The molecule has 0 spiro atoms. The Morgan fingerprint density at radius 1 is 0.710 bits per heavy atom. The van der Waals surface area contributed by atoms with E-state index in [-0.39, 0.29) is 30.2 Å². The SMILES string of the molecule is CCCOCCOCCOCCOCCOCCNc1c([N+](=O)[O-])cccc1[N+](=O)[O-]. The number of rotatable bonds is 20. The zero-order chi connectivity index (χ0) is 22.7. The summed E-state index contributed by atoms with van der Waals surface area (Å²) in [5.74, 6) is 0. The number of nitro groups is 2. The van der Waals surface area contributed by atoms with E-state index in [1.165, 1.54) is 18.2 Å². The molecule has 0 aliphatic rings. The van der Waals surface area contributed by atoms with E-state index >= 15 is 0 Å². The number of nitrogens with one attached hydrogen (secondary N) is 1. The van der Waals surface area contributed by atoms with Gasteiger partial charge in [0.15, 0.2) is 5.69 Å². The molecular formula is C19H31N3O9. The second kappa shape index (κ2) is 17.3. The fraction of sp³-hybridized carbons (Fsp3) is 0.684. The van der Waals surface area contributed by atoms with E-state index in [2.05, 4.69) is 12.2 Å². The largest absolute Gasteiger partial charge is 0.379 e. The summed E-state index contributed by atoms with van der Waals surface area (Å²) in [6, 6.07) is 3.69. The van der Waals surface area contributed by atoms with Gasteiger partial charge >= 0.3 is 0 Å². The fourth-order valence-corrected chi connectivity index (χ4v) is 2.39. The molecule has 31 heavy (non-hydrogen) atoms. The van der Waals surface area contributed by atoms with Crippen LogP contribution in [0, 0.1) is 20.2 Å². The molecular weight excluding hydrogens is 414 g/mol. The quantitative estimate of drug-likeness (QED) is 0.180. The maximum Gasteiger partial charge on any atom is 0.299 e. The maximum absolute atomic E-state index is 11.1. The van der Waals surface area contributed by atoms with Crippen molar-refractivity contribution in [2.75, 3.05) is 77.9 Å². The highest BCUT2D eigenvalue weighted by Gasteiger charge is 2.24. The van der Waals surface area contributed by atoms with Crippen molar-refractivity contribution >= 4 is 17.1 Å². The summed E-state index contributed by atoms with van der Waals surface area (Å²) in [5, 5.41) is 24.8. The Bertz CT molecular complexity index is 614. The number of hydrogen-bond acceptors (Lipinski definition) is 10. The van der Waals surface area contributed by atoms with Gasteiger partial charge in [0.1, 0.15) is 0 Å². The number of anilines is 1. The first-order chi connectivity index (χ1) is 15.1. The highest BCUT2D eigenvalue weighted by molar-refractivity contribution is 5.73. The van der Waals surface area contributed by atoms with Crippen molar-refractivity contribution in [3.05, 3.63) is 38.4 Å². The zero-order valence-corrected chi connectivity index (χ0v) is 17.8. The monoisotopic (exact) mass is 445 g/mol. The lowest BCUT2D eigenvalue weighted by Gasteiger charge is -2.09. The van der Waals surface area contributed by atoms with Gasteiger partial charge in [-0.25, -0.2) is 0 Å². The lowest BCUT2D eigenvalue weighted by molar-refractivity contribution is -0.392. The first-order valence-electron chi connectivity index (χ1n) is 10.1. The minimum Gasteiger partial charge on any atom is -0.379 e. The van der Waals surface area contributed by atoms with Crippen LogP contribution in [0.2, 0.25) is 0 Å². The van der Waals surface area contributed by atoms with Crippen LogP contribution in [-0.2, 0) is 23.7 Å². The van der Waals surface area contributed by atoms with Gasteiger partial charge in [0.2, 0.25) is 0 Å². The topological polar surface area (TPSA) is 144 Å². The standard InChI is InChI=1S/C19H31N3O9/c1-2-7-27-9-11-29-13-15-31-16-14-30-12-10-28-8-6-20-19-17(21(23)24)4-3-5-18(19)22(25)26/h3-5,20H,2,6-16H2,1H3. The van der Waals surface area contributed by atoms with Crippen LogP contribution in [-0.4, -0.2) is 82.5 Å². The third-order valence-corrected chi connectivity index (χ3v) is 3.80. The summed E-state index contributed by atoms with van der Waals surface area (Å²) in [6.45, 7) is 6.86. The Labute approximate surface area is 181 Å². The van der Waals surface area contributed by atoms with Crippen LogP contribution in [0.25, 0.3) is 0 Å². The lowest BCUT2D eigenvalue weighted by Crippen LogP contribution is -2.15. The molecule has 1 aromatic rings. The highest BCUT2D eigenvalue weighted by Crippen LogP contribution is 2.33. The fourth-order valence-electron chi connectivity index (χ4n) is 2.39. The molecule has 0 radical (unpaired) electrons. The number of benzene rings is 1. The molecule has 0 aliphatic carbocycles. The summed E-state index contributed by atoms with van der Waals surface area (Å²) in [6.07, 6.45) is 0.994. The number of ether oxygens (including phenoxy) is 5. The van der Waals surface area contributed by atoms with E-state index in [9.17, 15) is 20.2 Å². The van der Waals surface area contributed by atoms with Crippen LogP contribution in [0.3, 0.4) is 0 Å². The Balaban J connectivity index is 2.01. The molecule has 0 atom stereocenters. The zero-order valence-electron chi connectivity index (χ0n) is 17.8. The maximum atomic E-state index is 11.1. The number of hydrogen-bond donors (Lipinski definition) is 1. The van der Waals surface area contributed by atoms with Crippen molar-refractivity contribution in [3.63, 3.8) is 0 Å². The molecule has 1 aromatic carbocycles. The smallest absolute Gasteiger partial charge is 0.299 e. The van der Waals surface area contributed by atoms with Crippen molar-refractivity contribution in [2.24, 2.45) is 0 Å². The summed E-state index contributed by atoms with van der Waals surface area (Å²) in [7, 11) is 0. The molecule has 0 amide bonds. The number of nitro benzene ring substituents is 2. The van der Waals surface area contributed by atoms with Gasteiger partial charge in [-0.15, -0.1) is 0 Å². The second-order valence-corrected chi connectivity index (χ2v) is 6.17. The minimum atomic E-state index is -0.666. The van der Waals surface area contributed by atoms with E-state index in [1.54, 1.807) is 0 Å². The predicted octanol–water partition coefficient (Wildman–Crippen LogP) is 2.41. The summed E-state index contributed by atoms with van der Waals surface area (Å²) in [4.78, 5) is 20.8. The average molecular weight is 445 g/mol. The van der Waals surface area contributed by atoms with Crippen LogP contribution in [0.1, 0.15) is 13.3 Å². The van der Waals surface area contributed by atoms with Crippen molar-refractivity contribution in [1.82, 2.24) is 0 Å². The van der Waals surface area contributed by atoms with Crippen molar-refractivity contribution in [3.8, 4) is 0 Å². The van der Waals surface area contributed by atoms with Gasteiger partial charge in [-0.3, -0.25) is 20.2 Å². The summed E-state index contributed by atoms with van der Waals surface area (Å²) >= 11 is 0. The second-order valence-electron chi connectivity index (χ2n) is 6.17. The van der Waals surface area contributed by atoms with Crippen LogP contribution in [0.4, 0.5) is 17.1 Å². The van der Waals surface area contributed by atoms with Crippen LogP contribution in [0.15, 0.2) is 18.2 Å². The third kappa shape index (κ3) is 12.2. The van der Waals surface area contributed by atoms with Crippen molar-refractivity contribution in [1.29, 1.82) is 0 Å². The molecule has 1 N–H and O–H groups in total. The molecule has 0 saturated carbocycles.